The molecule has 3 heteroatoms. The van der Waals surface area contributed by atoms with E-state index in [1.807, 2.05) is 43.5 Å². The Balaban J connectivity index is 2.66. The predicted molar refractivity (Wildman–Crippen MR) is 72.8 cm³/mol. The zero-order chi connectivity index (χ0) is 12.5. The summed E-state index contributed by atoms with van der Waals surface area (Å²) in [7, 11) is 0. The molecule has 0 fully saturated rings. The quantitative estimate of drug-likeness (QED) is 0.814. The Kier molecular flexibility index (Phi) is 2.91. The second-order valence-corrected chi connectivity index (χ2v) is 5.47. The molecule has 0 amide bonds. The zero-order valence-corrected chi connectivity index (χ0v) is 10.7. The van der Waals surface area contributed by atoms with Gasteiger partial charge in [-0.3, -0.25) is 0 Å². The van der Waals surface area contributed by atoms with Gasteiger partial charge in [0.25, 0.3) is 0 Å². The largest absolute Gasteiger partial charge is 0.399 e. The van der Waals surface area contributed by atoms with Gasteiger partial charge in [0.15, 0.2) is 0 Å². The first kappa shape index (κ1) is 11.7. The molecule has 2 nitrogen and oxygen atoms in total. The van der Waals surface area contributed by atoms with E-state index in [0.717, 1.165) is 21.7 Å². The van der Waals surface area contributed by atoms with Gasteiger partial charge >= 0.3 is 0 Å². The minimum Gasteiger partial charge on any atom is -0.399 e. The van der Waals surface area contributed by atoms with Crippen LogP contribution in [0.25, 0.3) is 10.4 Å². The van der Waals surface area contributed by atoms with Gasteiger partial charge in [-0.2, -0.15) is 5.26 Å². The third kappa shape index (κ3) is 2.17. The lowest BCUT2D eigenvalue weighted by Crippen LogP contribution is -2.15. The lowest BCUT2D eigenvalue weighted by atomic mass is 9.82. The van der Waals surface area contributed by atoms with E-state index in [1.54, 1.807) is 11.3 Å². The molecule has 2 N–H and O–H groups in total. The molecule has 0 spiro atoms. The molecule has 1 heterocycles. The summed E-state index contributed by atoms with van der Waals surface area (Å²) in [6, 6.07) is 12.2. The van der Waals surface area contributed by atoms with E-state index in [1.165, 1.54) is 0 Å². The topological polar surface area (TPSA) is 49.8 Å². The predicted octanol–water partition coefficient (Wildman–Crippen LogP) is 3.80. The van der Waals surface area contributed by atoms with Crippen LogP contribution in [0.15, 0.2) is 35.7 Å². The van der Waals surface area contributed by atoms with Crippen LogP contribution >= 0.6 is 11.3 Å². The fourth-order valence-corrected chi connectivity index (χ4v) is 2.56. The molecule has 0 atom stereocenters. The van der Waals surface area contributed by atoms with Gasteiger partial charge < -0.3 is 5.73 Å². The molecule has 86 valence electrons. The molecule has 0 aliphatic rings. The van der Waals surface area contributed by atoms with Gasteiger partial charge in [-0.05, 0) is 48.6 Å². The molecule has 0 saturated heterocycles. The molecule has 1 aromatic heterocycles. The first-order valence-corrected chi connectivity index (χ1v) is 6.28. The maximum atomic E-state index is 9.26. The molecular formula is C14H14N2S. The van der Waals surface area contributed by atoms with E-state index in [2.05, 4.69) is 12.1 Å². The molecule has 0 aliphatic carbocycles. The first-order chi connectivity index (χ1) is 8.04. The number of anilines is 1. The van der Waals surface area contributed by atoms with E-state index in [0.29, 0.717) is 0 Å². The van der Waals surface area contributed by atoms with Crippen molar-refractivity contribution in [3.8, 4) is 16.5 Å². The van der Waals surface area contributed by atoms with Gasteiger partial charge in [0.05, 0.1) is 11.5 Å². The number of hydrogen-bond donors (Lipinski definition) is 1. The van der Waals surface area contributed by atoms with Crippen LogP contribution in [0.4, 0.5) is 5.69 Å². The Morgan fingerprint density at radius 1 is 1.29 bits per heavy atom. The minimum atomic E-state index is -0.507. The number of nitrogen functional groups attached to an aromatic ring is 1. The van der Waals surface area contributed by atoms with Gasteiger partial charge in [-0.15, -0.1) is 11.3 Å². The van der Waals surface area contributed by atoms with Gasteiger partial charge in [0.1, 0.15) is 0 Å². The standard InChI is InChI=1S/C14H14N2S/c1-14(2,9-15)12-6-5-10(16)8-11(12)13-4-3-7-17-13/h3-8H,16H2,1-2H3. The summed E-state index contributed by atoms with van der Waals surface area (Å²) in [5.41, 5.74) is 8.15. The van der Waals surface area contributed by atoms with Gasteiger partial charge in [0, 0.05) is 10.6 Å². The first-order valence-electron chi connectivity index (χ1n) is 5.40. The van der Waals surface area contributed by atoms with Crippen LogP contribution in [-0.2, 0) is 5.41 Å². The van der Waals surface area contributed by atoms with Crippen molar-refractivity contribution in [2.75, 3.05) is 5.73 Å². The number of hydrogen-bond acceptors (Lipinski definition) is 3. The van der Waals surface area contributed by atoms with Crippen molar-refractivity contribution in [3.63, 3.8) is 0 Å². The highest BCUT2D eigenvalue weighted by Gasteiger charge is 2.24. The Bertz CT molecular complexity index is 562. The number of thiophene rings is 1. The Morgan fingerprint density at radius 2 is 2.06 bits per heavy atom. The number of nitriles is 1. The maximum Gasteiger partial charge on any atom is 0.0772 e. The SMILES string of the molecule is CC(C)(C#N)c1ccc(N)cc1-c1cccs1. The van der Waals surface area contributed by atoms with Crippen molar-refractivity contribution in [3.05, 3.63) is 41.3 Å². The Hall–Kier alpha value is -1.79. The van der Waals surface area contributed by atoms with Crippen molar-refractivity contribution < 1.29 is 0 Å². The molecule has 0 saturated carbocycles. The van der Waals surface area contributed by atoms with Crippen LogP contribution in [0.3, 0.4) is 0 Å². The molecule has 0 bridgehead atoms. The van der Waals surface area contributed by atoms with Gasteiger partial charge in [-0.25, -0.2) is 0 Å². The highest BCUT2D eigenvalue weighted by atomic mass is 32.1. The second kappa shape index (κ2) is 4.23. The zero-order valence-electron chi connectivity index (χ0n) is 9.90. The average Bonchev–Trinajstić information content (AvgIpc) is 2.82. The number of nitrogens with two attached hydrogens (primary N) is 1. The molecule has 0 unspecified atom stereocenters. The summed E-state index contributed by atoms with van der Waals surface area (Å²) in [5, 5.41) is 11.3. The molecule has 1 aromatic carbocycles. The van der Waals surface area contributed by atoms with Crippen molar-refractivity contribution in [2.24, 2.45) is 0 Å². The van der Waals surface area contributed by atoms with E-state index in [-0.39, 0.29) is 0 Å². The summed E-state index contributed by atoms with van der Waals surface area (Å²) in [4.78, 5) is 1.15. The summed E-state index contributed by atoms with van der Waals surface area (Å²) in [5.74, 6) is 0. The summed E-state index contributed by atoms with van der Waals surface area (Å²) in [6.45, 7) is 3.85. The van der Waals surface area contributed by atoms with E-state index in [4.69, 9.17) is 5.73 Å². The monoisotopic (exact) mass is 242 g/mol. The molecular weight excluding hydrogens is 228 g/mol. The Morgan fingerprint density at radius 3 is 2.65 bits per heavy atom. The summed E-state index contributed by atoms with van der Waals surface area (Å²) in [6.07, 6.45) is 0. The van der Waals surface area contributed by atoms with Gasteiger partial charge in [0.2, 0.25) is 0 Å². The average molecular weight is 242 g/mol. The molecule has 2 aromatic rings. The summed E-state index contributed by atoms with van der Waals surface area (Å²) >= 11 is 1.66. The number of rotatable bonds is 2. The van der Waals surface area contributed by atoms with Crippen LogP contribution in [0.5, 0.6) is 0 Å². The van der Waals surface area contributed by atoms with E-state index >= 15 is 0 Å². The van der Waals surface area contributed by atoms with Crippen molar-refractivity contribution in [2.45, 2.75) is 19.3 Å². The van der Waals surface area contributed by atoms with Crippen molar-refractivity contribution in [1.29, 1.82) is 5.26 Å². The van der Waals surface area contributed by atoms with E-state index in [9.17, 15) is 5.26 Å². The van der Waals surface area contributed by atoms with Crippen LogP contribution in [-0.4, -0.2) is 0 Å². The van der Waals surface area contributed by atoms with Crippen molar-refractivity contribution >= 4 is 17.0 Å². The fraction of sp³-hybridized carbons (Fsp3) is 0.214. The molecule has 17 heavy (non-hydrogen) atoms. The summed E-state index contributed by atoms with van der Waals surface area (Å²) < 4.78 is 0. The van der Waals surface area contributed by atoms with Gasteiger partial charge in [-0.1, -0.05) is 12.1 Å². The van der Waals surface area contributed by atoms with Crippen LogP contribution in [0.2, 0.25) is 0 Å². The van der Waals surface area contributed by atoms with Crippen molar-refractivity contribution in [1.82, 2.24) is 0 Å². The van der Waals surface area contributed by atoms with E-state index < -0.39 is 5.41 Å². The highest BCUT2D eigenvalue weighted by molar-refractivity contribution is 7.13. The lowest BCUT2D eigenvalue weighted by molar-refractivity contribution is 0.689. The Labute approximate surface area is 105 Å². The minimum absolute atomic E-state index is 0.507. The molecule has 2 rings (SSSR count). The fourth-order valence-electron chi connectivity index (χ4n) is 1.80. The van der Waals surface area contributed by atoms with Crippen LogP contribution in [0.1, 0.15) is 19.4 Å². The maximum absolute atomic E-state index is 9.26. The lowest BCUT2D eigenvalue weighted by Gasteiger charge is -2.20. The second-order valence-electron chi connectivity index (χ2n) is 4.52. The highest BCUT2D eigenvalue weighted by Crippen LogP contribution is 2.36. The van der Waals surface area contributed by atoms with Crippen LogP contribution < -0.4 is 5.73 Å². The third-order valence-electron chi connectivity index (χ3n) is 2.78. The molecule has 0 radical (unpaired) electrons. The number of nitrogens with zero attached hydrogens (tertiary/aromatic N) is 1. The van der Waals surface area contributed by atoms with Crippen LogP contribution in [0, 0.1) is 11.3 Å². The number of benzene rings is 1. The normalized spacial score (nSPS) is 11.1. The third-order valence-corrected chi connectivity index (χ3v) is 3.69. The molecule has 0 aliphatic heterocycles. The smallest absolute Gasteiger partial charge is 0.0772 e.